The zero-order valence-corrected chi connectivity index (χ0v) is 17.7. The summed E-state index contributed by atoms with van der Waals surface area (Å²) in [5.74, 6) is 0. The fourth-order valence-electron chi connectivity index (χ4n) is 2.17. The largest absolute Gasteiger partial charge is 0.445 e. The lowest BCUT2D eigenvalue weighted by Gasteiger charge is -2.19. The molecule has 0 aliphatic rings. The molecule has 0 heterocycles. The van der Waals surface area contributed by atoms with Gasteiger partial charge in [0.15, 0.2) is 0 Å². The number of benzene rings is 2. The van der Waals surface area contributed by atoms with Gasteiger partial charge in [-0.05, 0) is 55.5 Å². The number of hydrogen-bond acceptors (Lipinski definition) is 2. The van der Waals surface area contributed by atoms with Gasteiger partial charge in [0.05, 0.1) is 19.5 Å². The molecule has 0 bridgehead atoms. The Morgan fingerprint density at radius 2 is 1.84 bits per heavy atom. The Kier molecular flexibility index (Phi) is 8.30. The summed E-state index contributed by atoms with van der Waals surface area (Å²) in [6.07, 6.45) is 1.86. The van der Waals surface area contributed by atoms with Crippen LogP contribution in [0.4, 0.5) is 4.79 Å². The monoisotopic (exact) mass is 505 g/mol. The van der Waals surface area contributed by atoms with Crippen molar-refractivity contribution in [2.75, 3.05) is 0 Å². The molecule has 1 atom stereocenters. The van der Waals surface area contributed by atoms with Crippen LogP contribution in [0.2, 0.25) is 10.0 Å². The standard InChI is InChI=1S/C18H15Br2Cl2NO2/c19-16(20)10-9-15(13-7-4-8-14(21)17(13)22)23-18(24)25-11-12-5-2-1-3-6-12/h1-8,10,15H,9,11H2,(H,23,24). The fraction of sp³-hybridized carbons (Fsp3) is 0.167. The lowest BCUT2D eigenvalue weighted by Crippen LogP contribution is -2.29. The molecule has 0 aliphatic carbocycles. The van der Waals surface area contributed by atoms with Gasteiger partial charge in [0, 0.05) is 0 Å². The van der Waals surface area contributed by atoms with Crippen LogP contribution in [0.25, 0.3) is 0 Å². The average molecular weight is 508 g/mol. The molecule has 7 heteroatoms. The van der Waals surface area contributed by atoms with Gasteiger partial charge < -0.3 is 10.1 Å². The van der Waals surface area contributed by atoms with Gasteiger partial charge in [-0.3, -0.25) is 0 Å². The van der Waals surface area contributed by atoms with Gasteiger partial charge in [-0.1, -0.05) is 71.7 Å². The van der Waals surface area contributed by atoms with Crippen molar-refractivity contribution in [3.05, 3.63) is 79.2 Å². The molecular weight excluding hydrogens is 493 g/mol. The minimum atomic E-state index is -0.524. The van der Waals surface area contributed by atoms with Crippen LogP contribution < -0.4 is 5.32 Å². The molecule has 0 fully saturated rings. The van der Waals surface area contributed by atoms with Crippen LogP contribution in [0.3, 0.4) is 0 Å². The van der Waals surface area contributed by atoms with E-state index in [9.17, 15) is 4.79 Å². The van der Waals surface area contributed by atoms with Crippen molar-refractivity contribution in [1.29, 1.82) is 0 Å². The van der Waals surface area contributed by atoms with E-state index < -0.39 is 6.09 Å². The molecule has 0 saturated heterocycles. The zero-order valence-electron chi connectivity index (χ0n) is 13.0. The van der Waals surface area contributed by atoms with Crippen LogP contribution in [0.1, 0.15) is 23.6 Å². The van der Waals surface area contributed by atoms with Gasteiger partial charge in [-0.25, -0.2) is 4.79 Å². The molecule has 3 nitrogen and oxygen atoms in total. The van der Waals surface area contributed by atoms with Gasteiger partial charge in [0.2, 0.25) is 0 Å². The van der Waals surface area contributed by atoms with Gasteiger partial charge in [-0.2, -0.15) is 0 Å². The summed E-state index contributed by atoms with van der Waals surface area (Å²) >= 11 is 19.0. The van der Waals surface area contributed by atoms with Crippen molar-refractivity contribution in [3.63, 3.8) is 0 Å². The molecule has 0 aliphatic heterocycles. The first-order valence-corrected chi connectivity index (χ1v) is 9.74. The van der Waals surface area contributed by atoms with Crippen molar-refractivity contribution in [1.82, 2.24) is 5.32 Å². The molecule has 0 saturated carbocycles. The van der Waals surface area contributed by atoms with E-state index in [1.54, 1.807) is 12.1 Å². The van der Waals surface area contributed by atoms with E-state index in [2.05, 4.69) is 37.2 Å². The van der Waals surface area contributed by atoms with Crippen LogP contribution in [0.15, 0.2) is 58.0 Å². The van der Waals surface area contributed by atoms with E-state index in [1.165, 1.54) is 0 Å². The molecule has 1 amide bonds. The lowest BCUT2D eigenvalue weighted by atomic mass is 10.0. The summed E-state index contributed by atoms with van der Waals surface area (Å²) in [7, 11) is 0. The second-order valence-electron chi connectivity index (χ2n) is 5.13. The summed E-state index contributed by atoms with van der Waals surface area (Å²) in [5, 5.41) is 3.69. The van der Waals surface area contributed by atoms with Crippen LogP contribution >= 0.6 is 55.1 Å². The first-order chi connectivity index (χ1) is 12.0. The summed E-state index contributed by atoms with van der Waals surface area (Å²) < 4.78 is 6.07. The number of ether oxygens (including phenoxy) is 1. The van der Waals surface area contributed by atoms with E-state index >= 15 is 0 Å². The highest BCUT2D eigenvalue weighted by Gasteiger charge is 2.18. The van der Waals surface area contributed by atoms with Crippen LogP contribution in [0, 0.1) is 0 Å². The van der Waals surface area contributed by atoms with Gasteiger partial charge in [0.25, 0.3) is 0 Å². The van der Waals surface area contributed by atoms with Crippen molar-refractivity contribution in [2.24, 2.45) is 0 Å². The highest BCUT2D eigenvalue weighted by molar-refractivity contribution is 9.28. The number of halogens is 4. The van der Waals surface area contributed by atoms with E-state index in [-0.39, 0.29) is 12.6 Å². The predicted octanol–water partition coefficient (Wildman–Crippen LogP) is 6.98. The predicted molar refractivity (Wildman–Crippen MR) is 110 cm³/mol. The minimum Gasteiger partial charge on any atom is -0.445 e. The molecule has 2 rings (SSSR count). The fourth-order valence-corrected chi connectivity index (χ4v) is 2.98. The number of hydrogen-bond donors (Lipinski definition) is 1. The Labute approximate surface area is 173 Å². The van der Waals surface area contributed by atoms with Crippen molar-refractivity contribution < 1.29 is 9.53 Å². The second-order valence-corrected chi connectivity index (χ2v) is 8.69. The molecule has 2 aromatic rings. The number of carbonyl (C=O) groups excluding carboxylic acids is 1. The van der Waals surface area contributed by atoms with Gasteiger partial charge >= 0.3 is 6.09 Å². The molecule has 0 aromatic heterocycles. The molecule has 2 aromatic carbocycles. The highest BCUT2D eigenvalue weighted by atomic mass is 79.9. The quantitative estimate of drug-likeness (QED) is 0.458. The number of amides is 1. The molecule has 132 valence electrons. The van der Waals surface area contributed by atoms with Crippen LogP contribution in [-0.2, 0) is 11.3 Å². The zero-order chi connectivity index (χ0) is 18.2. The second kappa shape index (κ2) is 10.2. The first kappa shape index (κ1) is 20.3. The maximum Gasteiger partial charge on any atom is 0.407 e. The third-order valence-corrected chi connectivity index (χ3v) is 4.85. The number of rotatable bonds is 6. The van der Waals surface area contributed by atoms with Crippen LogP contribution in [-0.4, -0.2) is 6.09 Å². The Morgan fingerprint density at radius 1 is 1.12 bits per heavy atom. The molecule has 25 heavy (non-hydrogen) atoms. The number of alkyl carbamates (subject to hydrolysis) is 1. The maximum atomic E-state index is 12.2. The highest BCUT2D eigenvalue weighted by Crippen LogP contribution is 2.32. The van der Waals surface area contributed by atoms with Crippen molar-refractivity contribution in [3.8, 4) is 0 Å². The van der Waals surface area contributed by atoms with Gasteiger partial charge in [0.1, 0.15) is 6.61 Å². The summed E-state index contributed by atoms with van der Waals surface area (Å²) in [6.45, 7) is 0.195. The van der Waals surface area contributed by atoms with E-state index in [1.807, 2.05) is 42.5 Å². The third-order valence-electron chi connectivity index (χ3n) is 3.37. The third kappa shape index (κ3) is 6.66. The molecular formula is C18H15Br2Cl2NO2. The van der Waals surface area contributed by atoms with Crippen molar-refractivity contribution in [2.45, 2.75) is 19.1 Å². The Balaban J connectivity index is 2.09. The lowest BCUT2D eigenvalue weighted by molar-refractivity contribution is 0.135. The Morgan fingerprint density at radius 3 is 2.52 bits per heavy atom. The smallest absolute Gasteiger partial charge is 0.407 e. The SMILES string of the molecule is O=C(NC(CC=C(Br)Br)c1cccc(Cl)c1Cl)OCc1ccccc1. The summed E-state index contributed by atoms with van der Waals surface area (Å²) in [5.41, 5.74) is 1.64. The van der Waals surface area contributed by atoms with Crippen molar-refractivity contribution >= 4 is 61.2 Å². The molecule has 1 N–H and O–H groups in total. The molecule has 1 unspecified atom stereocenters. The van der Waals surface area contributed by atoms with Gasteiger partial charge in [-0.15, -0.1) is 0 Å². The van der Waals surface area contributed by atoms with E-state index in [0.29, 0.717) is 16.5 Å². The van der Waals surface area contributed by atoms with Crippen LogP contribution in [0.5, 0.6) is 0 Å². The molecule has 0 radical (unpaired) electrons. The molecule has 0 spiro atoms. The minimum absolute atomic E-state index is 0.195. The number of carbonyl (C=O) groups is 1. The summed E-state index contributed by atoms with van der Waals surface area (Å²) in [6, 6.07) is 14.4. The topological polar surface area (TPSA) is 38.3 Å². The van der Waals surface area contributed by atoms with E-state index in [0.717, 1.165) is 14.5 Å². The number of nitrogens with one attached hydrogen (secondary N) is 1. The Hall–Kier alpha value is -1.01. The first-order valence-electron chi connectivity index (χ1n) is 7.39. The summed E-state index contributed by atoms with van der Waals surface area (Å²) in [4.78, 5) is 12.2. The Bertz CT molecular complexity index is 750. The maximum absolute atomic E-state index is 12.2. The van der Waals surface area contributed by atoms with E-state index in [4.69, 9.17) is 27.9 Å². The average Bonchev–Trinajstić information content (AvgIpc) is 2.60. The normalized spacial score (nSPS) is 11.5.